The van der Waals surface area contributed by atoms with Gasteiger partial charge in [-0.1, -0.05) is 18.2 Å². The Morgan fingerprint density at radius 2 is 2.05 bits per heavy atom. The molecule has 0 spiro atoms. The van der Waals surface area contributed by atoms with E-state index in [1.54, 1.807) is 6.07 Å². The molecule has 2 aromatic rings. The zero-order chi connectivity index (χ0) is 13.1. The third kappa shape index (κ3) is 2.68. The van der Waals surface area contributed by atoms with Crippen LogP contribution in [0.2, 0.25) is 0 Å². The van der Waals surface area contributed by atoms with E-state index in [-0.39, 0.29) is 5.82 Å². The van der Waals surface area contributed by atoms with Gasteiger partial charge >= 0.3 is 0 Å². The SMILES string of the molecule is Fc1ccccc1Cn1cncc1C1CCNCC1. The van der Waals surface area contributed by atoms with Gasteiger partial charge in [0.2, 0.25) is 0 Å². The molecule has 1 saturated heterocycles. The summed E-state index contributed by atoms with van der Waals surface area (Å²) in [7, 11) is 0. The number of piperidine rings is 1. The minimum absolute atomic E-state index is 0.146. The molecule has 3 rings (SSSR count). The Hall–Kier alpha value is -1.68. The highest BCUT2D eigenvalue weighted by atomic mass is 19.1. The molecule has 1 fully saturated rings. The number of nitrogens with one attached hydrogen (secondary N) is 1. The van der Waals surface area contributed by atoms with Gasteiger partial charge in [0.15, 0.2) is 0 Å². The van der Waals surface area contributed by atoms with Crippen LogP contribution in [-0.2, 0) is 6.54 Å². The predicted octanol–water partition coefficient (Wildman–Crippen LogP) is 2.54. The van der Waals surface area contributed by atoms with E-state index in [0.717, 1.165) is 31.5 Å². The summed E-state index contributed by atoms with van der Waals surface area (Å²) in [6, 6.07) is 6.94. The van der Waals surface area contributed by atoms with Crippen molar-refractivity contribution in [2.45, 2.75) is 25.3 Å². The highest BCUT2D eigenvalue weighted by molar-refractivity contribution is 5.19. The van der Waals surface area contributed by atoms with E-state index in [1.165, 1.54) is 11.8 Å². The maximum absolute atomic E-state index is 13.7. The number of hydrogen-bond donors (Lipinski definition) is 1. The monoisotopic (exact) mass is 259 g/mol. The fraction of sp³-hybridized carbons (Fsp3) is 0.400. The Balaban J connectivity index is 1.82. The summed E-state index contributed by atoms with van der Waals surface area (Å²) in [5, 5.41) is 3.37. The van der Waals surface area contributed by atoms with Crippen molar-refractivity contribution in [3.63, 3.8) is 0 Å². The van der Waals surface area contributed by atoms with Crippen molar-refractivity contribution in [3.8, 4) is 0 Å². The molecule has 2 heterocycles. The van der Waals surface area contributed by atoms with Crippen LogP contribution in [0.5, 0.6) is 0 Å². The zero-order valence-corrected chi connectivity index (χ0v) is 10.8. The third-order valence-electron chi connectivity index (χ3n) is 3.80. The first-order chi connectivity index (χ1) is 9.34. The lowest BCUT2D eigenvalue weighted by molar-refractivity contribution is 0.441. The number of benzene rings is 1. The topological polar surface area (TPSA) is 29.9 Å². The van der Waals surface area contributed by atoms with Gasteiger partial charge in [-0.05, 0) is 32.0 Å². The molecule has 1 aromatic carbocycles. The molecule has 4 heteroatoms. The first-order valence-electron chi connectivity index (χ1n) is 6.79. The third-order valence-corrected chi connectivity index (χ3v) is 3.80. The van der Waals surface area contributed by atoms with Crippen LogP contribution < -0.4 is 5.32 Å². The van der Waals surface area contributed by atoms with E-state index in [2.05, 4.69) is 14.9 Å². The highest BCUT2D eigenvalue weighted by Gasteiger charge is 2.19. The highest BCUT2D eigenvalue weighted by Crippen LogP contribution is 2.25. The molecule has 0 radical (unpaired) electrons. The van der Waals surface area contributed by atoms with Gasteiger partial charge in [-0.25, -0.2) is 9.37 Å². The van der Waals surface area contributed by atoms with Crippen LogP contribution in [0.4, 0.5) is 4.39 Å². The molecule has 19 heavy (non-hydrogen) atoms. The zero-order valence-electron chi connectivity index (χ0n) is 10.8. The number of aromatic nitrogens is 2. The fourth-order valence-electron chi connectivity index (χ4n) is 2.73. The van der Waals surface area contributed by atoms with Crippen LogP contribution in [0, 0.1) is 5.82 Å². The average molecular weight is 259 g/mol. The van der Waals surface area contributed by atoms with E-state index in [1.807, 2.05) is 24.7 Å². The van der Waals surface area contributed by atoms with Gasteiger partial charge in [0, 0.05) is 23.4 Å². The second-order valence-corrected chi connectivity index (χ2v) is 5.06. The van der Waals surface area contributed by atoms with Gasteiger partial charge in [-0.3, -0.25) is 0 Å². The Kier molecular flexibility index (Phi) is 3.60. The number of hydrogen-bond acceptors (Lipinski definition) is 2. The van der Waals surface area contributed by atoms with Crippen LogP contribution in [0.25, 0.3) is 0 Å². The van der Waals surface area contributed by atoms with Crippen molar-refractivity contribution in [2.24, 2.45) is 0 Å². The Labute approximate surface area is 112 Å². The van der Waals surface area contributed by atoms with E-state index < -0.39 is 0 Å². The molecule has 1 aromatic heterocycles. The molecule has 1 aliphatic rings. The summed E-state index contributed by atoms with van der Waals surface area (Å²) in [5.41, 5.74) is 1.94. The minimum Gasteiger partial charge on any atom is -0.330 e. The van der Waals surface area contributed by atoms with Crippen molar-refractivity contribution >= 4 is 0 Å². The maximum Gasteiger partial charge on any atom is 0.128 e. The van der Waals surface area contributed by atoms with Crippen molar-refractivity contribution in [3.05, 3.63) is 53.9 Å². The maximum atomic E-state index is 13.7. The van der Waals surface area contributed by atoms with Crippen molar-refractivity contribution in [1.29, 1.82) is 0 Å². The minimum atomic E-state index is -0.146. The molecule has 0 unspecified atom stereocenters. The van der Waals surface area contributed by atoms with Gasteiger partial charge in [0.25, 0.3) is 0 Å². The number of nitrogens with zero attached hydrogens (tertiary/aromatic N) is 2. The van der Waals surface area contributed by atoms with Crippen LogP contribution in [-0.4, -0.2) is 22.6 Å². The van der Waals surface area contributed by atoms with Crippen molar-refractivity contribution in [2.75, 3.05) is 13.1 Å². The molecule has 0 amide bonds. The van der Waals surface area contributed by atoms with E-state index >= 15 is 0 Å². The summed E-state index contributed by atoms with van der Waals surface area (Å²) in [5.74, 6) is 0.392. The van der Waals surface area contributed by atoms with Gasteiger partial charge in [-0.15, -0.1) is 0 Å². The summed E-state index contributed by atoms with van der Waals surface area (Å²) >= 11 is 0. The van der Waals surface area contributed by atoms with Crippen LogP contribution >= 0.6 is 0 Å². The summed E-state index contributed by atoms with van der Waals surface area (Å²) < 4.78 is 15.8. The standard InChI is InChI=1S/C15H18FN3/c16-14-4-2-1-3-13(14)10-19-11-18-9-15(19)12-5-7-17-8-6-12/h1-4,9,11-12,17H,5-8,10H2. The first kappa shape index (κ1) is 12.4. The molecule has 0 atom stereocenters. The van der Waals surface area contributed by atoms with Gasteiger partial charge in [0.05, 0.1) is 12.9 Å². The molecule has 0 bridgehead atoms. The van der Waals surface area contributed by atoms with Crippen LogP contribution in [0.3, 0.4) is 0 Å². The van der Waals surface area contributed by atoms with Gasteiger partial charge in [-0.2, -0.15) is 0 Å². The lowest BCUT2D eigenvalue weighted by Crippen LogP contribution is -2.27. The van der Waals surface area contributed by atoms with Gasteiger partial charge < -0.3 is 9.88 Å². The van der Waals surface area contributed by atoms with E-state index in [0.29, 0.717) is 12.5 Å². The van der Waals surface area contributed by atoms with E-state index in [4.69, 9.17) is 0 Å². The van der Waals surface area contributed by atoms with Crippen LogP contribution in [0.15, 0.2) is 36.8 Å². The molecule has 0 aliphatic carbocycles. The normalized spacial score (nSPS) is 16.7. The Morgan fingerprint density at radius 1 is 1.26 bits per heavy atom. The molecule has 1 N–H and O–H groups in total. The summed E-state index contributed by atoms with van der Waals surface area (Å²) in [6.07, 6.45) is 5.99. The number of imidazole rings is 1. The lowest BCUT2D eigenvalue weighted by atomic mass is 9.95. The average Bonchev–Trinajstić information content (AvgIpc) is 2.91. The number of halogens is 1. The van der Waals surface area contributed by atoms with Crippen LogP contribution in [0.1, 0.15) is 30.0 Å². The van der Waals surface area contributed by atoms with Crippen molar-refractivity contribution < 1.29 is 4.39 Å². The quantitative estimate of drug-likeness (QED) is 0.918. The fourth-order valence-corrected chi connectivity index (χ4v) is 2.73. The molecular formula is C15H18FN3. The first-order valence-corrected chi connectivity index (χ1v) is 6.79. The molecule has 1 aliphatic heterocycles. The predicted molar refractivity (Wildman–Crippen MR) is 72.6 cm³/mol. The molecular weight excluding hydrogens is 241 g/mol. The Bertz CT molecular complexity index is 544. The molecule has 100 valence electrons. The smallest absolute Gasteiger partial charge is 0.128 e. The summed E-state index contributed by atoms with van der Waals surface area (Å²) in [4.78, 5) is 4.24. The Morgan fingerprint density at radius 3 is 2.84 bits per heavy atom. The second kappa shape index (κ2) is 5.53. The molecule has 3 nitrogen and oxygen atoms in total. The molecule has 0 saturated carbocycles. The number of rotatable bonds is 3. The van der Waals surface area contributed by atoms with Crippen molar-refractivity contribution in [1.82, 2.24) is 14.9 Å². The van der Waals surface area contributed by atoms with Gasteiger partial charge in [0.1, 0.15) is 5.82 Å². The summed E-state index contributed by atoms with van der Waals surface area (Å²) in [6.45, 7) is 2.66. The second-order valence-electron chi connectivity index (χ2n) is 5.06. The lowest BCUT2D eigenvalue weighted by Gasteiger charge is -2.23. The largest absolute Gasteiger partial charge is 0.330 e. The van der Waals surface area contributed by atoms with E-state index in [9.17, 15) is 4.39 Å².